The molecule has 2 heteroatoms. The summed E-state index contributed by atoms with van der Waals surface area (Å²) in [6, 6.07) is 5.02. The maximum Gasteiger partial charge on any atom is 0.122 e. The summed E-state index contributed by atoms with van der Waals surface area (Å²) in [4.78, 5) is 0. The Hall–Kier alpha value is -1.02. The molecule has 0 aliphatic carbocycles. The number of rotatable bonds is 2. The van der Waals surface area contributed by atoms with Crippen molar-refractivity contribution in [1.29, 1.82) is 0 Å². The van der Waals surface area contributed by atoms with E-state index in [-0.39, 0.29) is 0 Å². The van der Waals surface area contributed by atoms with Crippen molar-refractivity contribution in [3.05, 3.63) is 28.8 Å². The first kappa shape index (κ1) is 11.1. The van der Waals surface area contributed by atoms with E-state index in [1.54, 1.807) is 5.56 Å². The van der Waals surface area contributed by atoms with Crippen molar-refractivity contribution in [2.75, 3.05) is 13.2 Å². The first-order valence-electron chi connectivity index (χ1n) is 6.82. The molecular weight excluding hydrogens is 210 g/mol. The van der Waals surface area contributed by atoms with E-state index >= 15 is 0 Å². The zero-order chi connectivity index (χ0) is 11.7. The third-order valence-electron chi connectivity index (χ3n) is 4.09. The van der Waals surface area contributed by atoms with Gasteiger partial charge < -0.3 is 10.1 Å². The quantitative estimate of drug-likeness (QED) is 0.845. The second-order valence-corrected chi connectivity index (χ2v) is 5.29. The van der Waals surface area contributed by atoms with E-state index in [1.165, 1.54) is 43.4 Å². The van der Waals surface area contributed by atoms with Gasteiger partial charge in [-0.05, 0) is 49.9 Å². The summed E-state index contributed by atoms with van der Waals surface area (Å²) < 4.78 is 5.66. The lowest BCUT2D eigenvalue weighted by molar-refractivity contribution is 0.357. The van der Waals surface area contributed by atoms with Crippen molar-refractivity contribution in [3.8, 4) is 5.75 Å². The molecule has 1 N–H and O–H groups in total. The van der Waals surface area contributed by atoms with E-state index in [1.807, 2.05) is 0 Å². The van der Waals surface area contributed by atoms with Gasteiger partial charge in [0.15, 0.2) is 0 Å². The molecule has 1 fully saturated rings. The van der Waals surface area contributed by atoms with Crippen LogP contribution in [0.1, 0.15) is 36.0 Å². The predicted octanol–water partition coefficient (Wildman–Crippen LogP) is 2.61. The number of hydrogen-bond acceptors (Lipinski definition) is 2. The van der Waals surface area contributed by atoms with Gasteiger partial charge in [0.05, 0.1) is 6.61 Å². The molecule has 0 spiro atoms. The maximum absolute atomic E-state index is 5.66. The van der Waals surface area contributed by atoms with Gasteiger partial charge in [0.2, 0.25) is 0 Å². The first-order valence-corrected chi connectivity index (χ1v) is 6.82. The van der Waals surface area contributed by atoms with Crippen LogP contribution in [0.5, 0.6) is 5.75 Å². The average molecular weight is 231 g/mol. The topological polar surface area (TPSA) is 21.3 Å². The van der Waals surface area contributed by atoms with E-state index in [4.69, 9.17) is 4.74 Å². The minimum absolute atomic E-state index is 0.676. The standard InChI is InChI=1S/C15H21NO/c1-11-5-6-15-13(7-9-17-15)14(11)10-12-4-2-3-8-16-12/h5-6,12,16H,2-4,7-10H2,1H3. The monoisotopic (exact) mass is 231 g/mol. The number of aryl methyl sites for hydroxylation is 1. The van der Waals surface area contributed by atoms with Gasteiger partial charge in [-0.25, -0.2) is 0 Å². The fourth-order valence-corrected chi connectivity index (χ4v) is 3.09. The summed E-state index contributed by atoms with van der Waals surface area (Å²) >= 11 is 0. The van der Waals surface area contributed by atoms with Crippen molar-refractivity contribution < 1.29 is 4.74 Å². The highest BCUT2D eigenvalue weighted by molar-refractivity contribution is 5.47. The molecule has 2 aliphatic rings. The largest absolute Gasteiger partial charge is 0.493 e. The number of nitrogens with one attached hydrogen (secondary N) is 1. The Morgan fingerprint density at radius 1 is 1.35 bits per heavy atom. The molecule has 17 heavy (non-hydrogen) atoms. The molecule has 1 unspecified atom stereocenters. The highest BCUT2D eigenvalue weighted by Gasteiger charge is 2.21. The van der Waals surface area contributed by atoms with Crippen LogP contribution in [0.4, 0.5) is 0 Å². The lowest BCUT2D eigenvalue weighted by Crippen LogP contribution is -2.35. The van der Waals surface area contributed by atoms with Crippen LogP contribution < -0.4 is 10.1 Å². The Kier molecular flexibility index (Phi) is 3.06. The van der Waals surface area contributed by atoms with Gasteiger partial charge in [-0.2, -0.15) is 0 Å². The Bertz CT molecular complexity index is 408. The van der Waals surface area contributed by atoms with E-state index in [0.29, 0.717) is 6.04 Å². The summed E-state index contributed by atoms with van der Waals surface area (Å²) in [5.41, 5.74) is 4.44. The maximum atomic E-state index is 5.66. The summed E-state index contributed by atoms with van der Waals surface area (Å²) in [5.74, 6) is 1.13. The number of benzene rings is 1. The Balaban J connectivity index is 1.84. The molecule has 0 radical (unpaired) electrons. The SMILES string of the molecule is Cc1ccc2c(c1CC1CCCCN1)CCO2. The molecule has 0 amide bonds. The second-order valence-electron chi connectivity index (χ2n) is 5.29. The van der Waals surface area contributed by atoms with E-state index in [0.717, 1.165) is 18.8 Å². The van der Waals surface area contributed by atoms with Crippen LogP contribution in [-0.4, -0.2) is 19.2 Å². The molecule has 1 saturated heterocycles. The predicted molar refractivity (Wildman–Crippen MR) is 69.7 cm³/mol. The summed E-state index contributed by atoms with van der Waals surface area (Å²) in [6.45, 7) is 4.29. The van der Waals surface area contributed by atoms with Crippen LogP contribution >= 0.6 is 0 Å². The number of ether oxygens (including phenoxy) is 1. The normalized spacial score (nSPS) is 23.2. The minimum atomic E-state index is 0.676. The molecule has 0 aromatic heterocycles. The first-order chi connectivity index (χ1) is 8.34. The van der Waals surface area contributed by atoms with Crippen molar-refractivity contribution in [2.45, 2.75) is 45.1 Å². The minimum Gasteiger partial charge on any atom is -0.493 e. The molecule has 2 aliphatic heterocycles. The third kappa shape index (κ3) is 2.19. The van der Waals surface area contributed by atoms with Gasteiger partial charge in [0, 0.05) is 18.0 Å². The van der Waals surface area contributed by atoms with Crippen molar-refractivity contribution in [3.63, 3.8) is 0 Å². The molecule has 0 bridgehead atoms. The molecule has 1 atom stereocenters. The summed E-state index contributed by atoms with van der Waals surface area (Å²) in [7, 11) is 0. The summed E-state index contributed by atoms with van der Waals surface area (Å²) in [5, 5.41) is 3.65. The van der Waals surface area contributed by atoms with Gasteiger partial charge in [0.1, 0.15) is 5.75 Å². The highest BCUT2D eigenvalue weighted by Crippen LogP contribution is 2.31. The van der Waals surface area contributed by atoms with Crippen molar-refractivity contribution >= 4 is 0 Å². The van der Waals surface area contributed by atoms with Crippen LogP contribution in [0, 0.1) is 6.92 Å². The Labute approximate surface area is 103 Å². The van der Waals surface area contributed by atoms with Crippen LogP contribution in [0.3, 0.4) is 0 Å². The third-order valence-corrected chi connectivity index (χ3v) is 4.09. The average Bonchev–Trinajstić information content (AvgIpc) is 2.83. The number of fused-ring (bicyclic) bond motifs is 1. The molecule has 92 valence electrons. The Morgan fingerprint density at radius 2 is 2.29 bits per heavy atom. The molecule has 1 aromatic rings. The molecular formula is C15H21NO. The molecule has 2 heterocycles. The van der Waals surface area contributed by atoms with Crippen molar-refractivity contribution in [2.24, 2.45) is 0 Å². The van der Waals surface area contributed by atoms with E-state index < -0.39 is 0 Å². The van der Waals surface area contributed by atoms with Gasteiger partial charge in [0.25, 0.3) is 0 Å². The Morgan fingerprint density at radius 3 is 3.12 bits per heavy atom. The van der Waals surface area contributed by atoms with Crippen LogP contribution in [0.2, 0.25) is 0 Å². The summed E-state index contributed by atoms with van der Waals surface area (Å²) in [6.07, 6.45) is 6.31. The van der Waals surface area contributed by atoms with Gasteiger partial charge in [-0.3, -0.25) is 0 Å². The lowest BCUT2D eigenvalue weighted by Gasteiger charge is -2.25. The molecule has 2 nitrogen and oxygen atoms in total. The second kappa shape index (κ2) is 4.69. The fraction of sp³-hybridized carbons (Fsp3) is 0.600. The lowest BCUT2D eigenvalue weighted by atomic mass is 9.91. The van der Waals surface area contributed by atoms with Gasteiger partial charge in [-0.15, -0.1) is 0 Å². The highest BCUT2D eigenvalue weighted by atomic mass is 16.5. The zero-order valence-corrected chi connectivity index (χ0v) is 10.6. The van der Waals surface area contributed by atoms with Gasteiger partial charge >= 0.3 is 0 Å². The van der Waals surface area contributed by atoms with E-state index in [2.05, 4.69) is 24.4 Å². The molecule has 3 rings (SSSR count). The molecule has 1 aromatic carbocycles. The van der Waals surface area contributed by atoms with Crippen LogP contribution in [-0.2, 0) is 12.8 Å². The molecule has 0 saturated carbocycles. The van der Waals surface area contributed by atoms with E-state index in [9.17, 15) is 0 Å². The smallest absolute Gasteiger partial charge is 0.122 e. The van der Waals surface area contributed by atoms with Crippen LogP contribution in [0.15, 0.2) is 12.1 Å². The fourth-order valence-electron chi connectivity index (χ4n) is 3.09. The van der Waals surface area contributed by atoms with Gasteiger partial charge in [-0.1, -0.05) is 12.5 Å². The number of piperidine rings is 1. The van der Waals surface area contributed by atoms with Crippen LogP contribution in [0.25, 0.3) is 0 Å². The van der Waals surface area contributed by atoms with Crippen molar-refractivity contribution in [1.82, 2.24) is 5.32 Å². The number of hydrogen-bond donors (Lipinski definition) is 1. The zero-order valence-electron chi connectivity index (χ0n) is 10.6.